The lowest BCUT2D eigenvalue weighted by atomic mass is 9.92. The highest BCUT2D eigenvalue weighted by Gasteiger charge is 2.58. The number of thioether (sulfide) groups is 1. The van der Waals surface area contributed by atoms with Gasteiger partial charge in [-0.05, 0) is 40.5 Å². The number of carbonyl (C=O) groups excluding carboxylic acids is 2. The van der Waals surface area contributed by atoms with Crippen LogP contribution in [-0.2, 0) is 36.8 Å². The van der Waals surface area contributed by atoms with Gasteiger partial charge in [-0.25, -0.2) is 19.8 Å². The number of carbonyl (C=O) groups is 2. The van der Waals surface area contributed by atoms with E-state index < -0.39 is 73.1 Å². The minimum absolute atomic E-state index is 0.0956. The van der Waals surface area contributed by atoms with E-state index in [1.54, 1.807) is 37.3 Å². The molecule has 0 spiro atoms. The Balaban J connectivity index is 1.33. The van der Waals surface area contributed by atoms with E-state index in [4.69, 9.17) is 33.8 Å². The summed E-state index contributed by atoms with van der Waals surface area (Å²) in [5, 5.41) is 1.46. The maximum atomic E-state index is 14.3. The van der Waals surface area contributed by atoms with E-state index in [1.807, 2.05) is 4.72 Å². The zero-order chi connectivity index (χ0) is 33.9. The molecule has 250 valence electrons. The van der Waals surface area contributed by atoms with E-state index in [0.717, 1.165) is 28.2 Å². The first-order chi connectivity index (χ1) is 21.6. The smallest absolute Gasteiger partial charge is 0.424 e. The van der Waals surface area contributed by atoms with Gasteiger partial charge in [-0.1, -0.05) is 72.6 Å². The molecule has 2 aliphatic rings. The number of halogens is 6. The molecule has 4 rings (SSSR count). The van der Waals surface area contributed by atoms with Crippen LogP contribution in [0.4, 0.5) is 22.4 Å². The first-order valence-corrected chi connectivity index (χ1v) is 16.7. The molecule has 2 aromatic carbocycles. The third-order valence-corrected chi connectivity index (χ3v) is 10.4. The highest BCUT2D eigenvalue weighted by molar-refractivity contribution is 8.03. The molecule has 18 heteroatoms. The molecule has 0 radical (unpaired) electrons. The fourth-order valence-electron chi connectivity index (χ4n) is 4.63. The van der Waals surface area contributed by atoms with Crippen molar-refractivity contribution in [2.75, 3.05) is 18.8 Å². The van der Waals surface area contributed by atoms with Gasteiger partial charge in [0.1, 0.15) is 6.61 Å². The molecular formula is C28H28Cl2F4N4O6S2. The molecule has 1 fully saturated rings. The van der Waals surface area contributed by atoms with Crippen LogP contribution >= 0.6 is 35.0 Å². The Labute approximate surface area is 276 Å². The number of rotatable bonds is 11. The number of hydrogen-bond donors (Lipinski definition) is 3. The molecule has 0 bridgehead atoms. The van der Waals surface area contributed by atoms with Crippen LogP contribution in [0, 0.1) is 11.7 Å². The molecule has 4 N–H and O–H groups in total. The summed E-state index contributed by atoms with van der Waals surface area (Å²) in [5.74, 6) is 2.43. The van der Waals surface area contributed by atoms with Crippen LogP contribution in [0.25, 0.3) is 0 Å². The van der Waals surface area contributed by atoms with Crippen molar-refractivity contribution < 1.29 is 45.1 Å². The van der Waals surface area contributed by atoms with Crippen molar-refractivity contribution in [1.29, 1.82) is 0 Å². The number of allylic oxidation sites excluding steroid dienone is 3. The van der Waals surface area contributed by atoms with Crippen molar-refractivity contribution in [2.45, 2.75) is 37.8 Å². The second-order valence-corrected chi connectivity index (χ2v) is 14.1. The molecule has 0 saturated carbocycles. The van der Waals surface area contributed by atoms with Gasteiger partial charge < -0.3 is 10.1 Å². The second kappa shape index (κ2) is 14.5. The molecule has 2 amide bonds. The number of nitrogens with two attached hydrogens (primary N) is 1. The third-order valence-electron chi connectivity index (χ3n) is 7.27. The zero-order valence-corrected chi connectivity index (χ0v) is 27.1. The summed E-state index contributed by atoms with van der Waals surface area (Å²) in [6.07, 6.45) is -3.03. The summed E-state index contributed by atoms with van der Waals surface area (Å²) < 4.78 is 89.4. The molecule has 2 aromatic rings. The Bertz CT molecular complexity index is 1620. The Kier molecular flexibility index (Phi) is 11.3. The number of amides is 2. The van der Waals surface area contributed by atoms with Gasteiger partial charge in [0.25, 0.3) is 0 Å². The molecular weight excluding hydrogens is 699 g/mol. The van der Waals surface area contributed by atoms with Crippen LogP contribution in [-0.4, -0.2) is 55.8 Å². The molecule has 10 nitrogen and oxygen atoms in total. The van der Waals surface area contributed by atoms with Crippen LogP contribution < -0.4 is 15.9 Å². The first-order valence-electron chi connectivity index (χ1n) is 13.5. The van der Waals surface area contributed by atoms with Crippen LogP contribution in [0.1, 0.15) is 24.5 Å². The van der Waals surface area contributed by atoms with Crippen molar-refractivity contribution >= 4 is 57.2 Å². The summed E-state index contributed by atoms with van der Waals surface area (Å²) in [6.45, 7) is 1.39. The summed E-state index contributed by atoms with van der Waals surface area (Å²) in [6, 6.07) is 9.65. The number of ether oxygens (including phenoxy) is 1. The van der Waals surface area contributed by atoms with E-state index in [-0.39, 0.29) is 26.1 Å². The molecule has 46 heavy (non-hydrogen) atoms. The van der Waals surface area contributed by atoms with Crippen LogP contribution in [0.3, 0.4) is 0 Å². The highest BCUT2D eigenvalue weighted by atomic mass is 35.5. The quantitative estimate of drug-likeness (QED) is 0.160. The zero-order valence-electron chi connectivity index (χ0n) is 23.9. The van der Waals surface area contributed by atoms with Gasteiger partial charge in [0.05, 0.1) is 16.1 Å². The monoisotopic (exact) mass is 726 g/mol. The maximum Gasteiger partial charge on any atom is 0.424 e. The fraction of sp³-hybridized carbons (Fsp3) is 0.357. The molecule has 2 atom stereocenters. The Morgan fingerprint density at radius 3 is 2.30 bits per heavy atom. The molecule has 1 aliphatic carbocycles. The summed E-state index contributed by atoms with van der Waals surface area (Å²) in [4.78, 5) is 29.9. The minimum atomic E-state index is -5.04. The van der Waals surface area contributed by atoms with E-state index in [0.29, 0.717) is 16.0 Å². The fourth-order valence-corrected chi connectivity index (χ4v) is 7.59. The number of nitrogens with zero attached hydrogens (tertiary/aromatic N) is 1. The summed E-state index contributed by atoms with van der Waals surface area (Å²) >= 11 is 12.3. The molecule has 0 aromatic heterocycles. The largest absolute Gasteiger partial charge is 0.444 e. The summed E-state index contributed by atoms with van der Waals surface area (Å²) in [5.41, 5.74) is -2.65. The summed E-state index contributed by atoms with van der Waals surface area (Å²) in [7, 11) is -4.20. The van der Waals surface area contributed by atoms with Gasteiger partial charge in [0.15, 0.2) is 5.82 Å². The van der Waals surface area contributed by atoms with Gasteiger partial charge >= 0.3 is 22.5 Å². The van der Waals surface area contributed by atoms with Gasteiger partial charge in [0.2, 0.25) is 11.5 Å². The van der Waals surface area contributed by atoms with Crippen molar-refractivity contribution in [3.63, 3.8) is 0 Å². The van der Waals surface area contributed by atoms with Gasteiger partial charge in [-0.3, -0.25) is 9.63 Å². The van der Waals surface area contributed by atoms with Crippen molar-refractivity contribution in [1.82, 2.24) is 14.3 Å². The Morgan fingerprint density at radius 1 is 1.11 bits per heavy atom. The predicted octanol–water partition coefficient (Wildman–Crippen LogP) is 5.34. The number of alkyl halides is 3. The van der Waals surface area contributed by atoms with E-state index in [2.05, 4.69) is 10.2 Å². The van der Waals surface area contributed by atoms with Gasteiger partial charge in [-0.15, -0.1) is 11.8 Å². The normalized spacial score (nSPS) is 18.9. The SMILES string of the molecule is CC1CC(SC[C@](ON)(c2cc(Cl)c(F)c(Cl)c2)C(F)(F)F)=CC=C1C(=O)NC1CN(S(=O)(=O)NC(=O)OCc2ccccc2)C1. The third kappa shape index (κ3) is 8.16. The van der Waals surface area contributed by atoms with E-state index >= 15 is 0 Å². The number of benzene rings is 2. The first kappa shape index (κ1) is 36.0. The molecule has 1 heterocycles. The highest BCUT2D eigenvalue weighted by Crippen LogP contribution is 2.47. The lowest BCUT2D eigenvalue weighted by molar-refractivity contribution is -0.277. The average molecular weight is 728 g/mol. The van der Waals surface area contributed by atoms with Crippen LogP contribution in [0.15, 0.2) is 65.1 Å². The Morgan fingerprint density at radius 2 is 1.74 bits per heavy atom. The number of nitrogens with one attached hydrogen (secondary N) is 2. The lowest BCUT2D eigenvalue weighted by Crippen LogP contribution is -2.63. The van der Waals surface area contributed by atoms with Crippen molar-refractivity contribution in [3.05, 3.63) is 92.1 Å². The maximum absolute atomic E-state index is 14.3. The predicted molar refractivity (Wildman–Crippen MR) is 164 cm³/mol. The average Bonchev–Trinajstić information content (AvgIpc) is 2.96. The van der Waals surface area contributed by atoms with Crippen molar-refractivity contribution in [3.8, 4) is 0 Å². The van der Waals surface area contributed by atoms with Crippen LogP contribution in [0.2, 0.25) is 10.0 Å². The molecule has 1 saturated heterocycles. The van der Waals surface area contributed by atoms with Gasteiger partial charge in [-0.2, -0.15) is 25.9 Å². The van der Waals surface area contributed by atoms with Crippen molar-refractivity contribution in [2.24, 2.45) is 11.8 Å². The second-order valence-electron chi connectivity index (χ2n) is 10.5. The standard InChI is InChI=1S/C28H28Cl2F4N4O6S2/c1-16-9-20(45-15-27(44-35,28(32,33)34)18-10-22(29)24(31)23(30)11-18)7-8-21(16)25(39)36-19-12-38(13-19)46(41,42)37-26(40)43-14-17-5-3-2-4-6-17/h2-8,10-11,16,19H,9,12-15,35H2,1H3,(H,36,39)(H,37,40)/t16?,27-/m0/s1. The van der Waals surface area contributed by atoms with Crippen LogP contribution in [0.5, 0.6) is 0 Å². The van der Waals surface area contributed by atoms with E-state index in [9.17, 15) is 35.6 Å². The Hall–Kier alpha value is -2.86. The number of hydrogen-bond acceptors (Lipinski definition) is 8. The minimum Gasteiger partial charge on any atom is -0.444 e. The topological polar surface area (TPSA) is 140 Å². The van der Waals surface area contributed by atoms with Gasteiger partial charge in [0, 0.05) is 24.4 Å². The van der Waals surface area contributed by atoms with E-state index in [1.165, 1.54) is 12.2 Å². The molecule has 1 aliphatic heterocycles. The lowest BCUT2D eigenvalue weighted by Gasteiger charge is -2.38. The molecule has 1 unspecified atom stereocenters.